The highest BCUT2D eigenvalue weighted by Gasteiger charge is 2.06. The van der Waals surface area contributed by atoms with Crippen LogP contribution in [0.15, 0.2) is 51.8 Å². The van der Waals surface area contributed by atoms with Crippen molar-refractivity contribution < 1.29 is 14.3 Å². The van der Waals surface area contributed by atoms with Gasteiger partial charge in [0.15, 0.2) is 0 Å². The highest BCUT2D eigenvalue weighted by molar-refractivity contribution is 9.10. The number of rotatable bonds is 4. The van der Waals surface area contributed by atoms with Gasteiger partial charge in [-0.15, -0.1) is 11.8 Å². The number of hydrogen-bond acceptors (Lipinski definition) is 2. The molecule has 0 radical (unpaired) electrons. The van der Waals surface area contributed by atoms with E-state index in [0.717, 1.165) is 10.5 Å². The van der Waals surface area contributed by atoms with Gasteiger partial charge in [0.2, 0.25) is 0 Å². The monoisotopic (exact) mass is 340 g/mol. The van der Waals surface area contributed by atoms with Crippen molar-refractivity contribution in [2.45, 2.75) is 10.6 Å². The first-order chi connectivity index (χ1) is 9.08. The van der Waals surface area contributed by atoms with E-state index in [4.69, 9.17) is 5.11 Å². The lowest BCUT2D eigenvalue weighted by molar-refractivity contribution is 0.0697. The van der Waals surface area contributed by atoms with E-state index in [1.54, 1.807) is 30.3 Å². The summed E-state index contributed by atoms with van der Waals surface area (Å²) in [6, 6.07) is 11.6. The topological polar surface area (TPSA) is 37.3 Å². The first-order valence-electron chi connectivity index (χ1n) is 5.47. The van der Waals surface area contributed by atoms with Crippen LogP contribution in [0.3, 0.4) is 0 Å². The maximum Gasteiger partial charge on any atom is 0.335 e. The number of aromatic carboxylic acids is 1. The Balaban J connectivity index is 2.06. The van der Waals surface area contributed by atoms with Crippen molar-refractivity contribution in [3.63, 3.8) is 0 Å². The molecule has 2 nitrogen and oxygen atoms in total. The number of hydrogen-bond donors (Lipinski definition) is 1. The number of thioether (sulfide) groups is 1. The predicted octanol–water partition coefficient (Wildman–Crippen LogP) is 4.58. The van der Waals surface area contributed by atoms with Gasteiger partial charge in [-0.25, -0.2) is 9.18 Å². The minimum atomic E-state index is -0.940. The van der Waals surface area contributed by atoms with Crippen LogP contribution in [0.2, 0.25) is 0 Å². The van der Waals surface area contributed by atoms with Gasteiger partial charge >= 0.3 is 5.97 Å². The minimum Gasteiger partial charge on any atom is -0.478 e. The lowest BCUT2D eigenvalue weighted by atomic mass is 10.2. The molecule has 0 atom stereocenters. The first kappa shape index (κ1) is 14.1. The zero-order valence-corrected chi connectivity index (χ0v) is 12.2. The Bertz CT molecular complexity index is 599. The second-order valence-electron chi connectivity index (χ2n) is 3.83. The molecule has 0 amide bonds. The zero-order valence-electron chi connectivity index (χ0n) is 9.77. The van der Waals surface area contributed by atoms with Gasteiger partial charge in [-0.2, -0.15) is 0 Å². The summed E-state index contributed by atoms with van der Waals surface area (Å²) < 4.78 is 13.8. The van der Waals surface area contributed by atoms with E-state index in [1.165, 1.54) is 17.8 Å². The Hall–Kier alpha value is -1.33. The van der Waals surface area contributed by atoms with Gasteiger partial charge < -0.3 is 5.11 Å². The molecule has 2 aromatic rings. The Morgan fingerprint density at radius 1 is 1.21 bits per heavy atom. The van der Waals surface area contributed by atoms with Gasteiger partial charge in [-0.1, -0.05) is 12.1 Å². The highest BCUT2D eigenvalue weighted by Crippen LogP contribution is 2.28. The third-order valence-corrected chi connectivity index (χ3v) is 4.48. The molecule has 98 valence electrons. The fourth-order valence-electron chi connectivity index (χ4n) is 1.51. The number of carboxylic acids is 1. The third-order valence-electron chi connectivity index (χ3n) is 2.53. The molecule has 0 aromatic heterocycles. The molecule has 0 aliphatic rings. The fourth-order valence-corrected chi connectivity index (χ4v) is 3.00. The number of carboxylic acid groups (broad SMARTS) is 1. The number of halogens is 2. The summed E-state index contributed by atoms with van der Waals surface area (Å²) in [7, 11) is 0. The summed E-state index contributed by atoms with van der Waals surface area (Å²) in [5.74, 6) is -0.603. The van der Waals surface area contributed by atoms with Crippen LogP contribution in [-0.4, -0.2) is 11.1 Å². The van der Waals surface area contributed by atoms with E-state index >= 15 is 0 Å². The molecule has 5 heteroatoms. The fraction of sp³-hybridized carbons (Fsp3) is 0.0714. The van der Waals surface area contributed by atoms with Gasteiger partial charge in [0.1, 0.15) is 5.82 Å². The van der Waals surface area contributed by atoms with E-state index in [0.29, 0.717) is 10.2 Å². The van der Waals surface area contributed by atoms with Crippen LogP contribution < -0.4 is 0 Å². The van der Waals surface area contributed by atoms with Crippen molar-refractivity contribution in [1.29, 1.82) is 0 Å². The molecule has 2 rings (SSSR count). The molecule has 19 heavy (non-hydrogen) atoms. The number of benzene rings is 2. The second-order valence-corrected chi connectivity index (χ2v) is 5.67. The van der Waals surface area contributed by atoms with Crippen molar-refractivity contribution in [3.8, 4) is 0 Å². The molecule has 0 unspecified atom stereocenters. The van der Waals surface area contributed by atoms with Crippen LogP contribution in [0, 0.1) is 5.82 Å². The van der Waals surface area contributed by atoms with E-state index in [9.17, 15) is 9.18 Å². The molecule has 0 saturated carbocycles. The molecule has 0 bridgehead atoms. The Labute approximate surface area is 122 Å². The number of carbonyl (C=O) groups is 1. The van der Waals surface area contributed by atoms with Gasteiger partial charge in [0.05, 0.1) is 10.0 Å². The average Bonchev–Trinajstić information content (AvgIpc) is 2.41. The molecule has 0 heterocycles. The van der Waals surface area contributed by atoms with Crippen molar-refractivity contribution in [1.82, 2.24) is 0 Å². The van der Waals surface area contributed by atoms with Crippen molar-refractivity contribution in [3.05, 3.63) is 63.9 Å². The summed E-state index contributed by atoms with van der Waals surface area (Å²) in [4.78, 5) is 11.7. The predicted molar refractivity (Wildman–Crippen MR) is 77.1 cm³/mol. The van der Waals surface area contributed by atoms with E-state index in [-0.39, 0.29) is 11.4 Å². The van der Waals surface area contributed by atoms with Crippen LogP contribution in [0.25, 0.3) is 0 Å². The Morgan fingerprint density at radius 2 is 1.89 bits per heavy atom. The maximum atomic E-state index is 13.3. The molecule has 0 spiro atoms. The first-order valence-corrected chi connectivity index (χ1v) is 7.25. The summed E-state index contributed by atoms with van der Waals surface area (Å²) in [5, 5.41) is 8.80. The van der Waals surface area contributed by atoms with Crippen LogP contribution in [0.1, 0.15) is 15.9 Å². The van der Waals surface area contributed by atoms with Gasteiger partial charge in [-0.05, 0) is 51.8 Å². The zero-order chi connectivity index (χ0) is 13.8. The van der Waals surface area contributed by atoms with E-state index < -0.39 is 5.97 Å². The van der Waals surface area contributed by atoms with Crippen molar-refractivity contribution >= 4 is 33.7 Å². The quantitative estimate of drug-likeness (QED) is 0.827. The Kier molecular flexibility index (Phi) is 4.61. The normalized spacial score (nSPS) is 10.4. The van der Waals surface area contributed by atoms with Crippen LogP contribution in [0.4, 0.5) is 4.39 Å². The van der Waals surface area contributed by atoms with Crippen LogP contribution >= 0.6 is 27.7 Å². The smallest absolute Gasteiger partial charge is 0.335 e. The van der Waals surface area contributed by atoms with Crippen LogP contribution in [-0.2, 0) is 5.75 Å². The van der Waals surface area contributed by atoms with Crippen LogP contribution in [0.5, 0.6) is 0 Å². The molecule has 0 fully saturated rings. The molecule has 2 aromatic carbocycles. The SMILES string of the molecule is O=C(O)c1ccc(SCc2cccc(F)c2Br)cc1. The van der Waals surface area contributed by atoms with E-state index in [2.05, 4.69) is 15.9 Å². The molecule has 0 saturated heterocycles. The standard InChI is InChI=1S/C14H10BrFO2S/c15-13-10(2-1-3-12(13)16)8-19-11-6-4-9(5-7-11)14(17)18/h1-7H,8H2,(H,17,18). The second kappa shape index (κ2) is 6.21. The summed E-state index contributed by atoms with van der Waals surface area (Å²) >= 11 is 4.75. The summed E-state index contributed by atoms with van der Waals surface area (Å²) in [6.07, 6.45) is 0. The molecule has 0 aliphatic carbocycles. The Morgan fingerprint density at radius 3 is 2.53 bits per heavy atom. The lowest BCUT2D eigenvalue weighted by Gasteiger charge is -2.05. The van der Waals surface area contributed by atoms with Gasteiger partial charge in [-0.3, -0.25) is 0 Å². The highest BCUT2D eigenvalue weighted by atomic mass is 79.9. The van der Waals surface area contributed by atoms with Crippen molar-refractivity contribution in [2.24, 2.45) is 0 Å². The largest absolute Gasteiger partial charge is 0.478 e. The molecular weight excluding hydrogens is 331 g/mol. The third kappa shape index (κ3) is 3.58. The lowest BCUT2D eigenvalue weighted by Crippen LogP contribution is -1.94. The summed E-state index contributed by atoms with van der Waals surface area (Å²) in [6.45, 7) is 0. The molecule has 0 aliphatic heterocycles. The van der Waals surface area contributed by atoms with Gasteiger partial charge in [0, 0.05) is 10.6 Å². The molecule has 1 N–H and O–H groups in total. The summed E-state index contributed by atoms with van der Waals surface area (Å²) in [5.41, 5.74) is 1.13. The average molecular weight is 341 g/mol. The van der Waals surface area contributed by atoms with E-state index in [1.807, 2.05) is 6.07 Å². The molecular formula is C14H10BrFO2S. The van der Waals surface area contributed by atoms with Crippen molar-refractivity contribution in [2.75, 3.05) is 0 Å². The minimum absolute atomic E-state index is 0.260. The maximum absolute atomic E-state index is 13.3. The van der Waals surface area contributed by atoms with Gasteiger partial charge in [0.25, 0.3) is 0 Å².